The first-order valence-electron chi connectivity index (χ1n) is 7.32. The summed E-state index contributed by atoms with van der Waals surface area (Å²) in [6.45, 7) is 2.95. The van der Waals surface area contributed by atoms with Crippen LogP contribution in [0.3, 0.4) is 0 Å². The first-order chi connectivity index (χ1) is 11.0. The number of benzene rings is 1. The van der Waals surface area contributed by atoms with Crippen molar-refractivity contribution in [3.05, 3.63) is 50.3 Å². The van der Waals surface area contributed by atoms with Gasteiger partial charge < -0.3 is 10.2 Å². The van der Waals surface area contributed by atoms with Crippen LogP contribution in [-0.4, -0.2) is 22.2 Å². The second-order valence-electron chi connectivity index (χ2n) is 5.57. The predicted octanol–water partition coefficient (Wildman–Crippen LogP) is 2.06. The van der Waals surface area contributed by atoms with Crippen LogP contribution in [-0.2, 0) is 24.8 Å². The Hall–Kier alpha value is -2.15. The van der Waals surface area contributed by atoms with Crippen LogP contribution in [0.1, 0.15) is 18.1 Å². The number of nitrogens with one attached hydrogen (secondary N) is 1. The first-order valence-corrected chi connectivity index (χ1v) is 8.12. The van der Waals surface area contributed by atoms with Crippen LogP contribution in [0, 0.1) is 0 Å². The van der Waals surface area contributed by atoms with Crippen LogP contribution in [0.15, 0.2) is 33.7 Å². The van der Waals surface area contributed by atoms with Crippen molar-refractivity contribution in [2.75, 3.05) is 16.8 Å². The number of carbonyl (C=O) groups excluding carboxylic acids is 1. The molecule has 7 heteroatoms. The van der Waals surface area contributed by atoms with Gasteiger partial charge >= 0.3 is 0 Å². The van der Waals surface area contributed by atoms with Gasteiger partial charge in [-0.05, 0) is 39.5 Å². The number of nitrogens with zero attached hydrogens (tertiary/aromatic N) is 3. The molecule has 6 nitrogen and oxygen atoms in total. The summed E-state index contributed by atoms with van der Waals surface area (Å²) < 4.78 is 1.83. The lowest BCUT2D eigenvalue weighted by Gasteiger charge is -2.32. The molecule has 2 aromatic rings. The van der Waals surface area contributed by atoms with E-state index in [0.717, 1.165) is 35.5 Å². The molecule has 0 saturated carbocycles. The molecule has 0 spiro atoms. The maximum atomic E-state index is 12.0. The van der Waals surface area contributed by atoms with Gasteiger partial charge in [-0.25, -0.2) is 4.68 Å². The fourth-order valence-corrected chi connectivity index (χ4v) is 3.45. The van der Waals surface area contributed by atoms with Gasteiger partial charge in [0.15, 0.2) is 0 Å². The Labute approximate surface area is 142 Å². The van der Waals surface area contributed by atoms with E-state index >= 15 is 0 Å². The molecule has 0 unspecified atom stereocenters. The van der Waals surface area contributed by atoms with Crippen LogP contribution < -0.4 is 15.8 Å². The van der Waals surface area contributed by atoms with Gasteiger partial charge in [-0.15, -0.1) is 0 Å². The molecule has 120 valence electrons. The van der Waals surface area contributed by atoms with Gasteiger partial charge in [0.1, 0.15) is 4.47 Å². The summed E-state index contributed by atoms with van der Waals surface area (Å²) in [6.07, 6.45) is 2.50. The largest absolute Gasteiger partial charge is 0.364 e. The van der Waals surface area contributed by atoms with Crippen molar-refractivity contribution in [3.63, 3.8) is 0 Å². The minimum atomic E-state index is -0.153. The predicted molar refractivity (Wildman–Crippen MR) is 92.7 cm³/mol. The zero-order valence-corrected chi connectivity index (χ0v) is 14.6. The fourth-order valence-electron chi connectivity index (χ4n) is 2.84. The van der Waals surface area contributed by atoms with Crippen molar-refractivity contribution in [2.45, 2.75) is 19.9 Å². The minimum absolute atomic E-state index is 0.0701. The van der Waals surface area contributed by atoms with Gasteiger partial charge in [-0.2, -0.15) is 5.10 Å². The summed E-state index contributed by atoms with van der Waals surface area (Å²) >= 11 is 3.38. The topological polar surface area (TPSA) is 67.2 Å². The van der Waals surface area contributed by atoms with Gasteiger partial charge in [0, 0.05) is 32.7 Å². The van der Waals surface area contributed by atoms with Gasteiger partial charge in [0.2, 0.25) is 5.91 Å². The van der Waals surface area contributed by atoms with E-state index in [4.69, 9.17) is 0 Å². The zero-order chi connectivity index (χ0) is 16.6. The van der Waals surface area contributed by atoms with E-state index in [0.29, 0.717) is 11.0 Å². The van der Waals surface area contributed by atoms with E-state index in [1.165, 1.54) is 11.6 Å². The molecule has 0 aliphatic carbocycles. The molecule has 1 amide bonds. The van der Waals surface area contributed by atoms with E-state index in [2.05, 4.69) is 37.3 Å². The lowest BCUT2D eigenvalue weighted by atomic mass is 9.97. The Morgan fingerprint density at radius 1 is 1.39 bits per heavy atom. The zero-order valence-electron chi connectivity index (χ0n) is 13.0. The second kappa shape index (κ2) is 6.16. The Morgan fingerprint density at radius 3 is 2.91 bits per heavy atom. The van der Waals surface area contributed by atoms with Crippen molar-refractivity contribution in [1.29, 1.82) is 0 Å². The third kappa shape index (κ3) is 3.01. The van der Waals surface area contributed by atoms with Crippen molar-refractivity contribution in [2.24, 2.45) is 7.05 Å². The highest BCUT2D eigenvalue weighted by Gasteiger charge is 2.22. The van der Waals surface area contributed by atoms with Crippen molar-refractivity contribution in [3.8, 4) is 0 Å². The molecule has 0 fully saturated rings. The molecule has 0 bridgehead atoms. The SMILES string of the molecule is CC(=O)Nc1cccc2c1CCN(c1cnn(C)c(=O)c1Br)C2. The number of fused-ring (bicyclic) bond motifs is 1. The molecule has 0 radical (unpaired) electrons. The molecular formula is C16H17BrN4O2. The number of carbonyl (C=O) groups is 1. The maximum Gasteiger partial charge on any atom is 0.282 e. The Balaban J connectivity index is 1.94. The summed E-state index contributed by atoms with van der Waals surface area (Å²) in [5.74, 6) is -0.0701. The average Bonchev–Trinajstić information content (AvgIpc) is 2.52. The molecule has 3 rings (SSSR count). The normalized spacial score (nSPS) is 13.6. The number of halogens is 1. The van der Waals surface area contributed by atoms with E-state index in [1.54, 1.807) is 13.2 Å². The number of rotatable bonds is 2. The number of anilines is 2. The fraction of sp³-hybridized carbons (Fsp3) is 0.312. The van der Waals surface area contributed by atoms with Crippen LogP contribution in [0.5, 0.6) is 0 Å². The highest BCUT2D eigenvalue weighted by molar-refractivity contribution is 9.10. The van der Waals surface area contributed by atoms with Crippen molar-refractivity contribution >= 4 is 33.2 Å². The molecule has 0 saturated heterocycles. The van der Waals surface area contributed by atoms with E-state index in [-0.39, 0.29) is 11.5 Å². The third-order valence-corrected chi connectivity index (χ3v) is 4.72. The molecule has 23 heavy (non-hydrogen) atoms. The molecule has 1 aromatic carbocycles. The number of hydrogen-bond donors (Lipinski definition) is 1. The Kier molecular flexibility index (Phi) is 4.21. The summed E-state index contributed by atoms with van der Waals surface area (Å²) in [5, 5.41) is 6.99. The number of aromatic nitrogens is 2. The third-order valence-electron chi connectivity index (χ3n) is 3.98. The smallest absolute Gasteiger partial charge is 0.282 e. The summed E-state index contributed by atoms with van der Waals surface area (Å²) in [6, 6.07) is 5.91. The molecule has 1 N–H and O–H groups in total. The van der Waals surface area contributed by atoms with Gasteiger partial charge in [0.25, 0.3) is 5.56 Å². The van der Waals surface area contributed by atoms with Crippen LogP contribution >= 0.6 is 15.9 Å². The first kappa shape index (κ1) is 15.7. The lowest BCUT2D eigenvalue weighted by molar-refractivity contribution is -0.114. The molecule has 2 heterocycles. The lowest BCUT2D eigenvalue weighted by Crippen LogP contribution is -2.33. The maximum absolute atomic E-state index is 12.0. The molecule has 1 aliphatic rings. The monoisotopic (exact) mass is 376 g/mol. The van der Waals surface area contributed by atoms with E-state index in [1.807, 2.05) is 12.1 Å². The summed E-state index contributed by atoms with van der Waals surface area (Å²) in [7, 11) is 1.63. The molecule has 1 aliphatic heterocycles. The van der Waals surface area contributed by atoms with Gasteiger partial charge in [-0.3, -0.25) is 9.59 Å². The van der Waals surface area contributed by atoms with Crippen LogP contribution in [0.2, 0.25) is 0 Å². The number of hydrogen-bond acceptors (Lipinski definition) is 4. The molecular weight excluding hydrogens is 360 g/mol. The van der Waals surface area contributed by atoms with Crippen molar-refractivity contribution in [1.82, 2.24) is 9.78 Å². The van der Waals surface area contributed by atoms with E-state index in [9.17, 15) is 9.59 Å². The highest BCUT2D eigenvalue weighted by atomic mass is 79.9. The second-order valence-corrected chi connectivity index (χ2v) is 6.36. The van der Waals surface area contributed by atoms with Crippen molar-refractivity contribution < 1.29 is 4.79 Å². The minimum Gasteiger partial charge on any atom is -0.364 e. The van der Waals surface area contributed by atoms with E-state index < -0.39 is 0 Å². The van der Waals surface area contributed by atoms with Gasteiger partial charge in [-0.1, -0.05) is 12.1 Å². The van der Waals surface area contributed by atoms with Crippen LogP contribution in [0.25, 0.3) is 0 Å². The standard InChI is InChI=1S/C16H17BrN4O2/c1-10(22)19-13-5-3-4-11-9-21(7-6-12(11)13)14-8-18-20(2)16(23)15(14)17/h3-5,8H,6-7,9H2,1-2H3,(H,19,22). The van der Waals surface area contributed by atoms with Gasteiger partial charge in [0.05, 0.1) is 11.9 Å². The summed E-state index contributed by atoms with van der Waals surface area (Å²) in [5.41, 5.74) is 3.82. The Morgan fingerprint density at radius 2 is 2.17 bits per heavy atom. The number of amides is 1. The molecule has 1 aromatic heterocycles. The highest BCUT2D eigenvalue weighted by Crippen LogP contribution is 2.31. The quantitative estimate of drug-likeness (QED) is 0.870. The number of aryl methyl sites for hydroxylation is 1. The molecule has 0 atom stereocenters. The summed E-state index contributed by atoms with van der Waals surface area (Å²) in [4.78, 5) is 25.5. The Bertz CT molecular complexity index is 831. The van der Waals surface area contributed by atoms with Crippen LogP contribution in [0.4, 0.5) is 11.4 Å². The average molecular weight is 377 g/mol.